The van der Waals surface area contributed by atoms with Crippen LogP contribution < -0.4 is 0 Å². The van der Waals surface area contributed by atoms with Crippen LogP contribution in [0, 0.1) is 0 Å². The van der Waals surface area contributed by atoms with Gasteiger partial charge < -0.3 is 18.9 Å². The molecule has 28 heavy (non-hydrogen) atoms. The Kier molecular flexibility index (Phi) is 4.18. The Labute approximate surface area is 165 Å². The molecule has 0 unspecified atom stereocenters. The van der Waals surface area contributed by atoms with Crippen molar-refractivity contribution in [3.63, 3.8) is 0 Å². The molecule has 6 atom stereocenters. The van der Waals surface area contributed by atoms with Crippen LogP contribution in [0.4, 0.5) is 9.59 Å². The fourth-order valence-corrected chi connectivity index (χ4v) is 4.19. The molecule has 0 saturated carbocycles. The van der Waals surface area contributed by atoms with Gasteiger partial charge in [-0.15, -0.1) is 0 Å². The Bertz CT molecular complexity index is 631. The molecule has 0 aliphatic carbocycles. The zero-order valence-electron chi connectivity index (χ0n) is 17.7. The Morgan fingerprint density at radius 1 is 0.607 bits per heavy atom. The molecule has 0 aromatic heterocycles. The van der Waals surface area contributed by atoms with Crippen molar-refractivity contribution in [1.82, 2.24) is 19.6 Å². The van der Waals surface area contributed by atoms with E-state index in [0.717, 1.165) is 0 Å². The van der Waals surface area contributed by atoms with E-state index in [9.17, 15) is 9.59 Å². The number of fused-ring (bicyclic) bond motifs is 2. The molecule has 0 bridgehead atoms. The maximum atomic E-state index is 12.6. The van der Waals surface area contributed by atoms with E-state index in [1.54, 1.807) is 23.9 Å². The predicted molar refractivity (Wildman–Crippen MR) is 96.6 cm³/mol. The minimum absolute atomic E-state index is 0.143. The third-order valence-corrected chi connectivity index (χ3v) is 5.54. The zero-order chi connectivity index (χ0) is 20.8. The Morgan fingerprint density at radius 2 is 0.893 bits per heavy atom. The van der Waals surface area contributed by atoms with Crippen molar-refractivity contribution in [3.05, 3.63) is 0 Å². The van der Waals surface area contributed by atoms with Crippen molar-refractivity contribution in [2.75, 3.05) is 14.1 Å². The topological polar surface area (TPSA) is 84.0 Å². The van der Waals surface area contributed by atoms with E-state index in [2.05, 4.69) is 0 Å². The number of likely N-dealkylation sites (N-methyl/N-ethyl adjacent to an activating group) is 2. The Morgan fingerprint density at radius 3 is 1.18 bits per heavy atom. The average Bonchev–Trinajstić information content (AvgIpc) is 3.24. The van der Waals surface area contributed by atoms with Gasteiger partial charge in [0.05, 0.1) is 0 Å². The first-order valence-corrected chi connectivity index (χ1v) is 9.56. The van der Waals surface area contributed by atoms with E-state index in [-0.39, 0.29) is 12.1 Å². The quantitative estimate of drug-likeness (QED) is 0.663. The van der Waals surface area contributed by atoms with Gasteiger partial charge in [0.25, 0.3) is 0 Å². The predicted octanol–water partition coefficient (Wildman–Crippen LogP) is 1.37. The van der Waals surface area contributed by atoms with Crippen LogP contribution in [-0.2, 0) is 18.9 Å². The van der Waals surface area contributed by atoms with Crippen molar-refractivity contribution in [3.8, 4) is 0 Å². The highest BCUT2D eigenvalue weighted by Gasteiger charge is 2.61. The summed E-state index contributed by atoms with van der Waals surface area (Å²) in [5.74, 6) is 0. The van der Waals surface area contributed by atoms with Gasteiger partial charge in [-0.05, 0) is 41.5 Å². The highest BCUT2D eigenvalue weighted by Crippen LogP contribution is 2.42. The number of carbonyl (C=O) groups is 2. The van der Waals surface area contributed by atoms with Crippen LogP contribution in [-0.4, -0.2) is 94.3 Å². The van der Waals surface area contributed by atoms with Gasteiger partial charge in [-0.3, -0.25) is 19.6 Å². The lowest BCUT2D eigenvalue weighted by molar-refractivity contribution is -0.245. The van der Waals surface area contributed by atoms with Gasteiger partial charge in [-0.1, -0.05) is 0 Å². The lowest BCUT2D eigenvalue weighted by Crippen LogP contribution is -2.50. The molecule has 4 saturated heterocycles. The molecule has 0 spiro atoms. The van der Waals surface area contributed by atoms with Gasteiger partial charge in [0, 0.05) is 25.2 Å². The highest BCUT2D eigenvalue weighted by atomic mass is 16.8. The number of ether oxygens (including phenoxy) is 4. The van der Waals surface area contributed by atoms with Gasteiger partial charge in [0.1, 0.15) is 0 Å². The summed E-state index contributed by atoms with van der Waals surface area (Å²) in [6, 6.07) is -0.286. The molecule has 4 amide bonds. The SMILES string of the molecule is CN1C(=O)N(C(C)(C)C)[C@@H]2O[C@H]([C@@H]3O[C@@H]4[C@H](O3)N(C)C(=O)N4C(C)(C)C)O[C@H]21. The standard InChI is InChI=1S/C18H30N4O6/c1-17(2,3)21-11-9(19(7)15(21)23)25-13(27-11)14-26-10-12(28-14)22(18(4,5)6)16(24)20(10)8/h9-14H,1-8H3/t9-,10+,11-,12-,13-,14+/m1/s1. The van der Waals surface area contributed by atoms with Crippen LogP contribution in [0.3, 0.4) is 0 Å². The summed E-state index contributed by atoms with van der Waals surface area (Å²) in [7, 11) is 3.38. The molecule has 0 aromatic rings. The number of hydrogen-bond acceptors (Lipinski definition) is 6. The number of carbonyl (C=O) groups excluding carboxylic acids is 2. The lowest BCUT2D eigenvalue weighted by atomic mass is 10.1. The highest BCUT2D eigenvalue weighted by molar-refractivity contribution is 5.78. The molecule has 0 radical (unpaired) electrons. The van der Waals surface area contributed by atoms with Crippen LogP contribution in [0.15, 0.2) is 0 Å². The second-order valence-corrected chi connectivity index (χ2v) is 9.71. The first kappa shape index (κ1) is 19.7. The first-order valence-electron chi connectivity index (χ1n) is 9.56. The molecule has 4 fully saturated rings. The smallest absolute Gasteiger partial charge is 0.319 e. The molecule has 0 N–H and O–H groups in total. The summed E-state index contributed by atoms with van der Waals surface area (Å²) in [6.07, 6.45) is -3.77. The van der Waals surface area contributed by atoms with Crippen LogP contribution in [0.1, 0.15) is 41.5 Å². The fraction of sp³-hybridized carbons (Fsp3) is 0.889. The molecular formula is C18H30N4O6. The fourth-order valence-electron chi connectivity index (χ4n) is 4.19. The summed E-state index contributed by atoms with van der Waals surface area (Å²) < 4.78 is 24.1. The van der Waals surface area contributed by atoms with E-state index in [1.807, 2.05) is 41.5 Å². The van der Waals surface area contributed by atoms with E-state index in [4.69, 9.17) is 18.9 Å². The second-order valence-electron chi connectivity index (χ2n) is 9.71. The van der Waals surface area contributed by atoms with Crippen molar-refractivity contribution in [1.29, 1.82) is 0 Å². The van der Waals surface area contributed by atoms with Crippen molar-refractivity contribution in [2.45, 2.75) is 90.1 Å². The summed E-state index contributed by atoms with van der Waals surface area (Å²) in [4.78, 5) is 31.5. The zero-order valence-corrected chi connectivity index (χ0v) is 17.7. The summed E-state index contributed by atoms with van der Waals surface area (Å²) in [5.41, 5.74) is -0.848. The van der Waals surface area contributed by atoms with Gasteiger partial charge in [0.15, 0.2) is 24.9 Å². The summed E-state index contributed by atoms with van der Waals surface area (Å²) in [5, 5.41) is 0. The molecule has 10 nitrogen and oxygen atoms in total. The molecule has 4 heterocycles. The lowest BCUT2D eigenvalue weighted by Gasteiger charge is -2.36. The molecule has 158 valence electrons. The number of rotatable bonds is 1. The minimum atomic E-state index is -0.800. The van der Waals surface area contributed by atoms with E-state index in [1.165, 1.54) is 9.80 Å². The first-order chi connectivity index (χ1) is 12.8. The van der Waals surface area contributed by atoms with E-state index < -0.39 is 48.6 Å². The number of nitrogens with zero attached hydrogens (tertiary/aromatic N) is 4. The number of urea groups is 2. The van der Waals surface area contributed by atoms with Gasteiger partial charge in [0.2, 0.25) is 12.6 Å². The van der Waals surface area contributed by atoms with Crippen LogP contribution in [0.5, 0.6) is 0 Å². The van der Waals surface area contributed by atoms with Crippen LogP contribution in [0.25, 0.3) is 0 Å². The summed E-state index contributed by atoms with van der Waals surface area (Å²) in [6.45, 7) is 11.7. The van der Waals surface area contributed by atoms with Crippen LogP contribution >= 0.6 is 0 Å². The third-order valence-electron chi connectivity index (χ3n) is 5.54. The molecule has 10 heteroatoms. The van der Waals surface area contributed by atoms with E-state index in [0.29, 0.717) is 0 Å². The Hall–Kier alpha value is -1.62. The molecule has 4 aliphatic rings. The minimum Gasteiger partial charge on any atom is -0.319 e. The van der Waals surface area contributed by atoms with Gasteiger partial charge in [-0.25, -0.2) is 9.59 Å². The third kappa shape index (κ3) is 2.69. The molecule has 4 aliphatic heterocycles. The maximum Gasteiger partial charge on any atom is 0.324 e. The van der Waals surface area contributed by atoms with Crippen LogP contribution in [0.2, 0.25) is 0 Å². The average molecular weight is 398 g/mol. The van der Waals surface area contributed by atoms with Crippen molar-refractivity contribution < 1.29 is 28.5 Å². The van der Waals surface area contributed by atoms with E-state index >= 15 is 0 Å². The Balaban J connectivity index is 1.51. The molecule has 4 rings (SSSR count). The number of hydrogen-bond donors (Lipinski definition) is 0. The van der Waals surface area contributed by atoms with Crippen molar-refractivity contribution in [2.24, 2.45) is 0 Å². The summed E-state index contributed by atoms with van der Waals surface area (Å²) >= 11 is 0. The normalized spacial score (nSPS) is 38.7. The largest absolute Gasteiger partial charge is 0.324 e. The second kappa shape index (κ2) is 5.94. The van der Waals surface area contributed by atoms with Gasteiger partial charge in [-0.2, -0.15) is 0 Å². The maximum absolute atomic E-state index is 12.6. The molecular weight excluding hydrogens is 368 g/mol. The monoisotopic (exact) mass is 398 g/mol. The molecule has 0 aromatic carbocycles. The van der Waals surface area contributed by atoms with Gasteiger partial charge >= 0.3 is 12.1 Å². The number of amides is 4. The van der Waals surface area contributed by atoms with Crippen molar-refractivity contribution >= 4 is 12.1 Å².